The lowest BCUT2D eigenvalue weighted by Crippen LogP contribution is -2.26. The van der Waals surface area contributed by atoms with Gasteiger partial charge in [0.2, 0.25) is 0 Å². The molecule has 2 aliphatic rings. The molecule has 7 heteroatoms. The number of aromatic nitrogens is 3. The lowest BCUT2D eigenvalue weighted by atomic mass is 10.1. The lowest BCUT2D eigenvalue weighted by molar-refractivity contribution is -0.0383. The summed E-state index contributed by atoms with van der Waals surface area (Å²) in [5.74, 6) is 0.925. The van der Waals surface area contributed by atoms with Crippen molar-refractivity contribution in [3.8, 4) is 10.6 Å². The number of ether oxygens (including phenoxy) is 1. The van der Waals surface area contributed by atoms with E-state index in [-0.39, 0.29) is 11.8 Å². The predicted octanol–water partition coefficient (Wildman–Crippen LogP) is 6.42. The molecule has 31 heavy (non-hydrogen) atoms. The third kappa shape index (κ3) is 4.58. The maximum absolute atomic E-state index is 6.01. The van der Waals surface area contributed by atoms with Crippen molar-refractivity contribution in [2.45, 2.75) is 83.5 Å². The predicted molar refractivity (Wildman–Crippen MR) is 129 cm³/mol. The van der Waals surface area contributed by atoms with Gasteiger partial charge in [-0.2, -0.15) is 5.10 Å². The van der Waals surface area contributed by atoms with Gasteiger partial charge < -0.3 is 15.4 Å². The van der Waals surface area contributed by atoms with Gasteiger partial charge in [0.1, 0.15) is 5.82 Å². The Labute approximate surface area is 188 Å². The van der Waals surface area contributed by atoms with Crippen LogP contribution >= 0.6 is 11.3 Å². The standard InChI is InChI=1S/C24H33N5OS/c1-24(2,3)28-21-15-18(26-16-8-4-5-9-16)23-17(27-21)14-20(31-23)19-11-12-25-29(19)22-10-6-7-13-30-22/h11-12,14-16,22H,4-10,13H2,1-3H3,(H2,26,27,28). The molecule has 0 radical (unpaired) electrons. The Morgan fingerprint density at radius 2 is 1.90 bits per heavy atom. The van der Waals surface area contributed by atoms with Crippen LogP contribution in [-0.2, 0) is 4.74 Å². The van der Waals surface area contributed by atoms with E-state index < -0.39 is 0 Å². The third-order valence-corrected chi connectivity index (χ3v) is 7.23. The molecule has 0 spiro atoms. The average molecular weight is 440 g/mol. The van der Waals surface area contributed by atoms with Gasteiger partial charge in [-0.1, -0.05) is 12.8 Å². The summed E-state index contributed by atoms with van der Waals surface area (Å²) in [7, 11) is 0. The Morgan fingerprint density at radius 3 is 2.65 bits per heavy atom. The van der Waals surface area contributed by atoms with Crippen LogP contribution in [0.4, 0.5) is 11.5 Å². The van der Waals surface area contributed by atoms with E-state index in [1.165, 1.54) is 47.4 Å². The molecule has 0 bridgehead atoms. The van der Waals surface area contributed by atoms with Crippen LogP contribution in [-0.4, -0.2) is 33.0 Å². The number of pyridine rings is 1. The minimum Gasteiger partial charge on any atom is -0.381 e. The van der Waals surface area contributed by atoms with Crippen LogP contribution in [0.15, 0.2) is 24.4 Å². The highest BCUT2D eigenvalue weighted by atomic mass is 32.1. The van der Waals surface area contributed by atoms with Crippen molar-refractivity contribution in [3.05, 3.63) is 24.4 Å². The second-order valence-corrected chi connectivity index (χ2v) is 10.9. The molecule has 0 aromatic carbocycles. The topological polar surface area (TPSA) is 64.0 Å². The Kier molecular flexibility index (Phi) is 5.65. The molecule has 2 N–H and O–H groups in total. The van der Waals surface area contributed by atoms with E-state index in [1.807, 2.05) is 6.20 Å². The highest BCUT2D eigenvalue weighted by Gasteiger charge is 2.23. The van der Waals surface area contributed by atoms with E-state index in [0.717, 1.165) is 36.5 Å². The summed E-state index contributed by atoms with van der Waals surface area (Å²) in [5.41, 5.74) is 3.31. The normalized spacial score (nSPS) is 20.4. The van der Waals surface area contributed by atoms with Crippen LogP contribution in [0, 0.1) is 0 Å². The van der Waals surface area contributed by atoms with Gasteiger partial charge in [0.05, 0.1) is 26.5 Å². The molecular formula is C24H33N5OS. The fourth-order valence-electron chi connectivity index (χ4n) is 4.65. The van der Waals surface area contributed by atoms with Gasteiger partial charge in [0, 0.05) is 30.5 Å². The Balaban J connectivity index is 1.54. The minimum atomic E-state index is -0.0406. The maximum Gasteiger partial charge on any atom is 0.150 e. The van der Waals surface area contributed by atoms with Crippen molar-refractivity contribution in [2.24, 2.45) is 0 Å². The fraction of sp³-hybridized carbons (Fsp3) is 0.583. The van der Waals surface area contributed by atoms with Crippen LogP contribution in [0.2, 0.25) is 0 Å². The van der Waals surface area contributed by atoms with Gasteiger partial charge in [-0.05, 0) is 65.0 Å². The molecule has 6 nitrogen and oxygen atoms in total. The maximum atomic E-state index is 6.01. The molecule has 3 aromatic rings. The van der Waals surface area contributed by atoms with Crippen molar-refractivity contribution in [2.75, 3.05) is 17.2 Å². The molecule has 5 rings (SSSR count). The molecule has 0 amide bonds. The number of hydrogen-bond acceptors (Lipinski definition) is 6. The smallest absolute Gasteiger partial charge is 0.150 e. The van der Waals surface area contributed by atoms with Crippen molar-refractivity contribution in [1.82, 2.24) is 14.8 Å². The molecule has 3 aromatic heterocycles. The molecule has 2 fully saturated rings. The summed E-state index contributed by atoms with van der Waals surface area (Å²) >= 11 is 1.80. The molecule has 166 valence electrons. The van der Waals surface area contributed by atoms with E-state index >= 15 is 0 Å². The number of hydrogen-bond donors (Lipinski definition) is 2. The first-order valence-electron chi connectivity index (χ1n) is 11.6. The molecule has 1 aliphatic carbocycles. The Hall–Kier alpha value is -2.12. The Morgan fingerprint density at radius 1 is 1.10 bits per heavy atom. The van der Waals surface area contributed by atoms with E-state index in [2.05, 4.69) is 59.4 Å². The number of rotatable bonds is 5. The molecule has 1 saturated carbocycles. The first-order valence-corrected chi connectivity index (χ1v) is 12.4. The van der Waals surface area contributed by atoms with Gasteiger partial charge in [0.25, 0.3) is 0 Å². The first kappa shape index (κ1) is 20.8. The third-order valence-electron chi connectivity index (χ3n) is 6.05. The van der Waals surface area contributed by atoms with Crippen LogP contribution in [0.1, 0.15) is 71.9 Å². The highest BCUT2D eigenvalue weighted by Crippen LogP contribution is 2.40. The number of nitrogens with zero attached hydrogens (tertiary/aromatic N) is 3. The minimum absolute atomic E-state index is 0.0334. The van der Waals surface area contributed by atoms with Crippen LogP contribution in [0.5, 0.6) is 0 Å². The van der Waals surface area contributed by atoms with Gasteiger partial charge >= 0.3 is 0 Å². The molecule has 1 atom stereocenters. The van der Waals surface area contributed by atoms with Gasteiger partial charge in [0.15, 0.2) is 6.23 Å². The second-order valence-electron chi connectivity index (χ2n) is 9.86. The molecule has 1 unspecified atom stereocenters. The summed E-state index contributed by atoms with van der Waals surface area (Å²) in [4.78, 5) is 6.16. The van der Waals surface area contributed by atoms with Gasteiger partial charge in [-0.25, -0.2) is 9.67 Å². The number of thiophene rings is 1. The number of fused-ring (bicyclic) bond motifs is 1. The summed E-state index contributed by atoms with van der Waals surface area (Å²) in [6.45, 7) is 7.33. The van der Waals surface area contributed by atoms with Crippen molar-refractivity contribution in [3.63, 3.8) is 0 Å². The lowest BCUT2D eigenvalue weighted by Gasteiger charge is -2.24. The zero-order valence-corrected chi connectivity index (χ0v) is 19.6. The first-order chi connectivity index (χ1) is 15.0. The number of nitrogens with one attached hydrogen (secondary N) is 2. The molecule has 1 saturated heterocycles. The van der Waals surface area contributed by atoms with Gasteiger partial charge in [-0.15, -0.1) is 11.3 Å². The van der Waals surface area contributed by atoms with Crippen molar-refractivity contribution < 1.29 is 4.74 Å². The van der Waals surface area contributed by atoms with E-state index in [9.17, 15) is 0 Å². The summed E-state index contributed by atoms with van der Waals surface area (Å²) in [6, 6.07) is 7.05. The summed E-state index contributed by atoms with van der Waals surface area (Å²) < 4.78 is 9.29. The van der Waals surface area contributed by atoms with E-state index in [4.69, 9.17) is 9.72 Å². The van der Waals surface area contributed by atoms with Crippen molar-refractivity contribution in [1.29, 1.82) is 0 Å². The Bertz CT molecular complexity index is 1040. The fourth-order valence-corrected chi connectivity index (χ4v) is 5.74. The number of anilines is 2. The highest BCUT2D eigenvalue weighted by molar-refractivity contribution is 7.22. The summed E-state index contributed by atoms with van der Waals surface area (Å²) in [6.07, 6.45) is 10.4. The van der Waals surface area contributed by atoms with Crippen LogP contribution < -0.4 is 10.6 Å². The van der Waals surface area contributed by atoms with E-state index in [1.54, 1.807) is 11.3 Å². The van der Waals surface area contributed by atoms with Crippen molar-refractivity contribution >= 4 is 33.1 Å². The second kappa shape index (κ2) is 8.43. The zero-order chi connectivity index (χ0) is 21.4. The molecule has 4 heterocycles. The van der Waals surface area contributed by atoms with Crippen LogP contribution in [0.25, 0.3) is 20.8 Å². The van der Waals surface area contributed by atoms with E-state index in [0.29, 0.717) is 6.04 Å². The monoisotopic (exact) mass is 439 g/mol. The summed E-state index contributed by atoms with van der Waals surface area (Å²) in [5, 5.41) is 12.0. The van der Waals surface area contributed by atoms with Gasteiger partial charge in [-0.3, -0.25) is 0 Å². The average Bonchev–Trinajstić information content (AvgIpc) is 3.47. The molecule has 1 aliphatic heterocycles. The quantitative estimate of drug-likeness (QED) is 0.480. The van der Waals surface area contributed by atoms with Crippen LogP contribution in [0.3, 0.4) is 0 Å². The molecular weight excluding hydrogens is 406 g/mol. The SMILES string of the molecule is CC(C)(C)Nc1cc(NC2CCCC2)c2sc(-c3ccnn3C3CCCCO3)cc2n1. The zero-order valence-electron chi connectivity index (χ0n) is 18.8. The largest absolute Gasteiger partial charge is 0.381 e.